The third kappa shape index (κ3) is 2.70. The molecule has 0 saturated carbocycles. The molecule has 0 spiro atoms. The van der Waals surface area contributed by atoms with Gasteiger partial charge in [-0.25, -0.2) is 8.42 Å². The first-order valence-electron chi connectivity index (χ1n) is 7.82. The lowest BCUT2D eigenvalue weighted by molar-refractivity contribution is 0.598. The highest BCUT2D eigenvalue weighted by atomic mass is 79.9. The second-order valence-electron chi connectivity index (χ2n) is 5.22. The quantitative estimate of drug-likeness (QED) is 0.395. The van der Waals surface area contributed by atoms with E-state index in [0.29, 0.717) is 9.79 Å². The number of rotatable bonds is 1. The molecule has 24 heavy (non-hydrogen) atoms. The molecule has 3 aromatic rings. The summed E-state index contributed by atoms with van der Waals surface area (Å²) in [6, 6.07) is 20.7. The van der Waals surface area contributed by atoms with Crippen LogP contribution in [0.25, 0.3) is 22.3 Å². The standard InChI is InChI=1S/C18H11BrO2S.C2H6/c19-14-8-5-12(6-9-14)13-7-10-18-16(11-13)15-3-1-2-4-17(15)22(18,20)21;1-2/h1-11H;1-2H3. The van der Waals surface area contributed by atoms with Crippen LogP contribution in [0.2, 0.25) is 0 Å². The van der Waals surface area contributed by atoms with Crippen LogP contribution in [0.15, 0.2) is 81.0 Å². The maximum Gasteiger partial charge on any atom is 0.207 e. The third-order valence-electron chi connectivity index (χ3n) is 3.91. The van der Waals surface area contributed by atoms with Crippen LogP contribution in [0.4, 0.5) is 0 Å². The number of halogens is 1. The van der Waals surface area contributed by atoms with Gasteiger partial charge in [-0.1, -0.05) is 66.2 Å². The van der Waals surface area contributed by atoms with Crippen molar-refractivity contribution in [2.24, 2.45) is 0 Å². The second-order valence-corrected chi connectivity index (χ2v) is 8.02. The zero-order valence-corrected chi connectivity index (χ0v) is 15.9. The van der Waals surface area contributed by atoms with Crippen molar-refractivity contribution >= 4 is 25.8 Å². The first-order chi connectivity index (χ1) is 11.6. The molecule has 4 rings (SSSR count). The van der Waals surface area contributed by atoms with E-state index >= 15 is 0 Å². The summed E-state index contributed by atoms with van der Waals surface area (Å²) < 4.78 is 26.1. The van der Waals surface area contributed by atoms with Gasteiger partial charge in [-0.05, 0) is 41.5 Å². The maximum atomic E-state index is 12.6. The topological polar surface area (TPSA) is 34.1 Å². The molecule has 0 amide bonds. The number of hydrogen-bond acceptors (Lipinski definition) is 2. The summed E-state index contributed by atoms with van der Waals surface area (Å²) in [6.07, 6.45) is 0. The van der Waals surface area contributed by atoms with Gasteiger partial charge < -0.3 is 0 Å². The van der Waals surface area contributed by atoms with Crippen molar-refractivity contribution < 1.29 is 8.42 Å². The zero-order chi connectivity index (χ0) is 17.3. The van der Waals surface area contributed by atoms with E-state index in [4.69, 9.17) is 0 Å². The summed E-state index contributed by atoms with van der Waals surface area (Å²) >= 11 is 3.42. The third-order valence-corrected chi connectivity index (χ3v) is 6.31. The molecule has 0 unspecified atom stereocenters. The fraction of sp³-hybridized carbons (Fsp3) is 0.100. The van der Waals surface area contributed by atoms with E-state index in [0.717, 1.165) is 26.7 Å². The van der Waals surface area contributed by atoms with Crippen molar-refractivity contribution in [3.8, 4) is 22.3 Å². The van der Waals surface area contributed by atoms with E-state index in [9.17, 15) is 8.42 Å². The SMILES string of the molecule is CC.O=S1(=O)c2ccccc2-c2cc(-c3ccc(Br)cc3)ccc21. The lowest BCUT2D eigenvalue weighted by Gasteiger charge is -2.05. The highest BCUT2D eigenvalue weighted by Crippen LogP contribution is 2.44. The van der Waals surface area contributed by atoms with Crippen molar-refractivity contribution in [1.29, 1.82) is 0 Å². The van der Waals surface area contributed by atoms with E-state index in [2.05, 4.69) is 15.9 Å². The van der Waals surface area contributed by atoms with Crippen LogP contribution < -0.4 is 0 Å². The fourth-order valence-electron chi connectivity index (χ4n) is 2.84. The monoisotopic (exact) mass is 400 g/mol. The highest BCUT2D eigenvalue weighted by molar-refractivity contribution is 9.10. The van der Waals surface area contributed by atoms with Crippen LogP contribution in [0.1, 0.15) is 13.8 Å². The molecular formula is C20H17BrO2S. The van der Waals surface area contributed by atoms with E-state index in [1.54, 1.807) is 18.2 Å². The van der Waals surface area contributed by atoms with Gasteiger partial charge in [0.15, 0.2) is 0 Å². The predicted molar refractivity (Wildman–Crippen MR) is 102 cm³/mol. The fourth-order valence-corrected chi connectivity index (χ4v) is 4.77. The number of fused-ring (bicyclic) bond motifs is 3. The maximum absolute atomic E-state index is 12.6. The first-order valence-corrected chi connectivity index (χ1v) is 10.1. The molecule has 0 saturated heterocycles. The lowest BCUT2D eigenvalue weighted by Crippen LogP contribution is -1.96. The Balaban J connectivity index is 0.000000815. The molecule has 0 aromatic heterocycles. The Morgan fingerprint density at radius 2 is 1.29 bits per heavy atom. The Bertz CT molecular complexity index is 990. The molecule has 2 nitrogen and oxygen atoms in total. The van der Waals surface area contributed by atoms with E-state index in [-0.39, 0.29) is 0 Å². The summed E-state index contributed by atoms with van der Waals surface area (Å²) in [6.45, 7) is 4.00. The normalized spacial score (nSPS) is 13.5. The minimum Gasteiger partial charge on any atom is -0.218 e. The average molecular weight is 401 g/mol. The highest BCUT2D eigenvalue weighted by Gasteiger charge is 2.32. The zero-order valence-electron chi connectivity index (χ0n) is 13.5. The van der Waals surface area contributed by atoms with Crippen LogP contribution in [0, 0.1) is 0 Å². The van der Waals surface area contributed by atoms with Crippen molar-refractivity contribution in [2.75, 3.05) is 0 Å². The van der Waals surface area contributed by atoms with Gasteiger partial charge in [0.05, 0.1) is 9.79 Å². The Morgan fingerprint density at radius 1 is 0.708 bits per heavy atom. The number of sulfone groups is 1. The van der Waals surface area contributed by atoms with Gasteiger partial charge in [0.25, 0.3) is 0 Å². The summed E-state index contributed by atoms with van der Waals surface area (Å²) in [4.78, 5) is 0.799. The van der Waals surface area contributed by atoms with Gasteiger partial charge in [-0.15, -0.1) is 0 Å². The molecule has 122 valence electrons. The number of hydrogen-bond donors (Lipinski definition) is 0. The van der Waals surface area contributed by atoms with Crippen LogP contribution >= 0.6 is 15.9 Å². The molecule has 0 radical (unpaired) electrons. The Kier molecular flexibility index (Phi) is 4.61. The van der Waals surface area contributed by atoms with E-state index in [1.807, 2.05) is 62.4 Å². The van der Waals surface area contributed by atoms with Gasteiger partial charge in [0, 0.05) is 15.6 Å². The molecule has 0 fully saturated rings. The minimum atomic E-state index is -3.38. The second kappa shape index (κ2) is 6.54. The van der Waals surface area contributed by atoms with Crippen molar-refractivity contribution in [2.45, 2.75) is 23.6 Å². The molecule has 1 aliphatic heterocycles. The summed E-state index contributed by atoms with van der Waals surface area (Å²) in [5, 5.41) is 0. The minimum absolute atomic E-state index is 0.398. The van der Waals surface area contributed by atoms with Gasteiger partial charge in [0.1, 0.15) is 0 Å². The van der Waals surface area contributed by atoms with E-state index in [1.165, 1.54) is 0 Å². The molecule has 0 aliphatic carbocycles. The molecule has 0 N–H and O–H groups in total. The van der Waals surface area contributed by atoms with Gasteiger partial charge in [-0.2, -0.15) is 0 Å². The van der Waals surface area contributed by atoms with Crippen LogP contribution in [-0.2, 0) is 9.84 Å². The summed E-state index contributed by atoms with van der Waals surface area (Å²) in [5.74, 6) is 0. The predicted octanol–water partition coefficient (Wildman–Crippen LogP) is 5.96. The van der Waals surface area contributed by atoms with Gasteiger partial charge >= 0.3 is 0 Å². The van der Waals surface area contributed by atoms with Crippen LogP contribution in [0.3, 0.4) is 0 Å². The summed E-state index contributed by atoms with van der Waals surface area (Å²) in [7, 11) is -3.38. The average Bonchev–Trinajstić information content (AvgIpc) is 2.85. The van der Waals surface area contributed by atoms with Crippen molar-refractivity contribution in [3.63, 3.8) is 0 Å². The van der Waals surface area contributed by atoms with Crippen molar-refractivity contribution in [1.82, 2.24) is 0 Å². The molecule has 1 aliphatic rings. The number of benzene rings is 3. The van der Waals surface area contributed by atoms with Crippen LogP contribution in [-0.4, -0.2) is 8.42 Å². The molecule has 1 heterocycles. The Hall–Kier alpha value is -1.91. The van der Waals surface area contributed by atoms with Crippen LogP contribution in [0.5, 0.6) is 0 Å². The molecule has 4 heteroatoms. The molecule has 0 bridgehead atoms. The molecular weight excluding hydrogens is 384 g/mol. The van der Waals surface area contributed by atoms with Gasteiger partial charge in [-0.3, -0.25) is 0 Å². The molecule has 0 atom stereocenters. The van der Waals surface area contributed by atoms with Gasteiger partial charge in [0.2, 0.25) is 9.84 Å². The van der Waals surface area contributed by atoms with Crippen molar-refractivity contribution in [3.05, 3.63) is 71.2 Å². The van der Waals surface area contributed by atoms with E-state index < -0.39 is 9.84 Å². The summed E-state index contributed by atoms with van der Waals surface area (Å²) in [5.41, 5.74) is 3.65. The lowest BCUT2D eigenvalue weighted by atomic mass is 9.99. The molecule has 3 aromatic carbocycles. The largest absolute Gasteiger partial charge is 0.218 e. The Labute approximate surface area is 151 Å². The Morgan fingerprint density at radius 3 is 2.00 bits per heavy atom. The first kappa shape index (κ1) is 16.9. The smallest absolute Gasteiger partial charge is 0.207 e.